The number of hydrogen-bond donors (Lipinski definition) is 3. The van der Waals surface area contributed by atoms with Gasteiger partial charge < -0.3 is 29.5 Å². The van der Waals surface area contributed by atoms with Crippen LogP contribution < -0.4 is 0 Å². The van der Waals surface area contributed by atoms with Crippen molar-refractivity contribution in [1.29, 1.82) is 0 Å². The molecule has 1 heterocycles. The molecule has 6 nitrogen and oxygen atoms in total. The van der Waals surface area contributed by atoms with Crippen molar-refractivity contribution >= 4 is 0 Å². The zero-order valence-electron chi connectivity index (χ0n) is 8.87. The molecule has 1 aliphatic heterocycles. The maximum Gasteiger partial charge on any atom is 0.111 e. The van der Waals surface area contributed by atoms with E-state index in [1.54, 1.807) is 0 Å². The van der Waals surface area contributed by atoms with E-state index in [9.17, 15) is 15.3 Å². The molecule has 2 unspecified atom stereocenters. The van der Waals surface area contributed by atoms with E-state index in [1.807, 2.05) is 0 Å². The molecule has 5 atom stereocenters. The van der Waals surface area contributed by atoms with E-state index in [1.165, 1.54) is 14.2 Å². The summed E-state index contributed by atoms with van der Waals surface area (Å²) in [5, 5.41) is 28.7. The van der Waals surface area contributed by atoms with Gasteiger partial charge in [-0.2, -0.15) is 0 Å². The van der Waals surface area contributed by atoms with Crippen molar-refractivity contribution in [1.82, 2.24) is 0 Å². The van der Waals surface area contributed by atoms with Crippen molar-refractivity contribution in [2.45, 2.75) is 30.5 Å². The standard InChI is InChI=1S/C9H18O6/c1-13-3-5-7(10)9(12)8(11)6(15-5)4-14-2/h5-12H,3-4H2,1-2H3/t5-,6?,7?,8-,9-/m1/s1. The van der Waals surface area contributed by atoms with Crippen molar-refractivity contribution in [2.75, 3.05) is 27.4 Å². The highest BCUT2D eigenvalue weighted by molar-refractivity contribution is 4.91. The van der Waals surface area contributed by atoms with Crippen LogP contribution >= 0.6 is 0 Å². The predicted molar refractivity (Wildman–Crippen MR) is 50.4 cm³/mol. The Labute approximate surface area is 88.4 Å². The second kappa shape index (κ2) is 5.74. The minimum absolute atomic E-state index is 0.158. The molecule has 1 rings (SSSR count). The third-order valence-electron chi connectivity index (χ3n) is 2.47. The Balaban J connectivity index is 2.62. The molecule has 1 fully saturated rings. The largest absolute Gasteiger partial charge is 0.388 e. The summed E-state index contributed by atoms with van der Waals surface area (Å²) in [6.45, 7) is 0.316. The van der Waals surface area contributed by atoms with Crippen LogP contribution in [0, 0.1) is 0 Å². The van der Waals surface area contributed by atoms with E-state index >= 15 is 0 Å². The van der Waals surface area contributed by atoms with Gasteiger partial charge in [-0.1, -0.05) is 0 Å². The van der Waals surface area contributed by atoms with Gasteiger partial charge >= 0.3 is 0 Å². The molecule has 0 radical (unpaired) electrons. The number of ether oxygens (including phenoxy) is 3. The summed E-state index contributed by atoms with van der Waals surface area (Å²) in [7, 11) is 2.94. The van der Waals surface area contributed by atoms with E-state index in [2.05, 4.69) is 0 Å². The quantitative estimate of drug-likeness (QED) is 0.516. The van der Waals surface area contributed by atoms with E-state index in [0.29, 0.717) is 0 Å². The van der Waals surface area contributed by atoms with Crippen LogP contribution in [0.2, 0.25) is 0 Å². The fourth-order valence-electron chi connectivity index (χ4n) is 1.63. The van der Waals surface area contributed by atoms with Gasteiger partial charge in [0, 0.05) is 14.2 Å². The average molecular weight is 222 g/mol. The Morgan fingerprint density at radius 3 is 1.60 bits per heavy atom. The highest BCUT2D eigenvalue weighted by Gasteiger charge is 2.43. The van der Waals surface area contributed by atoms with E-state index in [-0.39, 0.29) is 13.2 Å². The van der Waals surface area contributed by atoms with Crippen LogP contribution in [0.4, 0.5) is 0 Å². The van der Waals surface area contributed by atoms with Gasteiger partial charge in [-0.15, -0.1) is 0 Å². The molecule has 15 heavy (non-hydrogen) atoms. The average Bonchev–Trinajstić information content (AvgIpc) is 2.22. The van der Waals surface area contributed by atoms with Crippen molar-refractivity contribution in [2.24, 2.45) is 0 Å². The summed E-state index contributed by atoms with van der Waals surface area (Å²) >= 11 is 0. The summed E-state index contributed by atoms with van der Waals surface area (Å²) in [6, 6.07) is 0. The predicted octanol–water partition coefficient (Wildman–Crippen LogP) is -1.87. The molecular weight excluding hydrogens is 204 g/mol. The summed E-state index contributed by atoms with van der Waals surface area (Å²) in [4.78, 5) is 0. The summed E-state index contributed by atoms with van der Waals surface area (Å²) < 4.78 is 15.0. The molecule has 0 amide bonds. The van der Waals surface area contributed by atoms with E-state index < -0.39 is 30.5 Å². The molecule has 0 aromatic rings. The minimum Gasteiger partial charge on any atom is -0.388 e. The first kappa shape index (κ1) is 12.8. The summed E-state index contributed by atoms with van der Waals surface area (Å²) in [6.07, 6.45) is -4.82. The maximum absolute atomic E-state index is 9.57. The van der Waals surface area contributed by atoms with Crippen LogP contribution in [0.15, 0.2) is 0 Å². The number of hydrogen-bond acceptors (Lipinski definition) is 6. The molecule has 1 aliphatic rings. The van der Waals surface area contributed by atoms with Gasteiger partial charge in [0.2, 0.25) is 0 Å². The van der Waals surface area contributed by atoms with Gasteiger partial charge in [0.05, 0.1) is 13.2 Å². The molecule has 0 aromatic carbocycles. The highest BCUT2D eigenvalue weighted by Crippen LogP contribution is 2.21. The second-order valence-electron chi connectivity index (χ2n) is 3.60. The first-order valence-electron chi connectivity index (χ1n) is 4.79. The lowest BCUT2D eigenvalue weighted by Crippen LogP contribution is -2.59. The van der Waals surface area contributed by atoms with Crippen molar-refractivity contribution in [3.05, 3.63) is 0 Å². The maximum atomic E-state index is 9.57. The molecule has 90 valence electrons. The van der Waals surface area contributed by atoms with Gasteiger partial charge in [0.15, 0.2) is 0 Å². The third kappa shape index (κ3) is 2.87. The summed E-state index contributed by atoms with van der Waals surface area (Å²) in [5.41, 5.74) is 0. The molecule has 3 N–H and O–H groups in total. The lowest BCUT2D eigenvalue weighted by molar-refractivity contribution is -0.239. The van der Waals surface area contributed by atoms with Gasteiger partial charge in [-0.3, -0.25) is 0 Å². The van der Waals surface area contributed by atoms with Gasteiger partial charge in [-0.05, 0) is 0 Å². The first-order valence-corrected chi connectivity index (χ1v) is 4.79. The number of rotatable bonds is 4. The molecule has 0 aliphatic carbocycles. The number of aliphatic hydroxyl groups is 3. The Morgan fingerprint density at radius 2 is 1.27 bits per heavy atom. The molecule has 1 saturated heterocycles. The monoisotopic (exact) mass is 222 g/mol. The molecule has 0 spiro atoms. The van der Waals surface area contributed by atoms with Crippen molar-refractivity contribution in [3.8, 4) is 0 Å². The Hall–Kier alpha value is -0.240. The van der Waals surface area contributed by atoms with E-state index in [0.717, 1.165) is 0 Å². The smallest absolute Gasteiger partial charge is 0.111 e. The van der Waals surface area contributed by atoms with Crippen molar-refractivity contribution in [3.63, 3.8) is 0 Å². The lowest BCUT2D eigenvalue weighted by Gasteiger charge is -2.40. The normalized spacial score (nSPS) is 41.8. The topological polar surface area (TPSA) is 88.4 Å². The first-order chi connectivity index (χ1) is 7.11. The second-order valence-corrected chi connectivity index (χ2v) is 3.60. The summed E-state index contributed by atoms with van der Waals surface area (Å²) in [5.74, 6) is 0. The lowest BCUT2D eigenvalue weighted by atomic mass is 9.95. The van der Waals surface area contributed by atoms with Crippen molar-refractivity contribution < 1.29 is 29.5 Å². The minimum atomic E-state index is -1.24. The fraction of sp³-hybridized carbons (Fsp3) is 1.00. The van der Waals surface area contributed by atoms with Gasteiger partial charge in [-0.25, -0.2) is 0 Å². The molecule has 6 heteroatoms. The van der Waals surface area contributed by atoms with Gasteiger partial charge in [0.25, 0.3) is 0 Å². The number of methoxy groups -OCH3 is 2. The van der Waals surface area contributed by atoms with Crippen LogP contribution in [-0.4, -0.2) is 73.3 Å². The van der Waals surface area contributed by atoms with Crippen LogP contribution in [0.3, 0.4) is 0 Å². The Kier molecular flexibility index (Phi) is 4.91. The van der Waals surface area contributed by atoms with E-state index in [4.69, 9.17) is 14.2 Å². The van der Waals surface area contributed by atoms with Crippen LogP contribution in [0.5, 0.6) is 0 Å². The number of aliphatic hydroxyl groups excluding tert-OH is 3. The molecular formula is C9H18O6. The van der Waals surface area contributed by atoms with Crippen LogP contribution in [0.1, 0.15) is 0 Å². The van der Waals surface area contributed by atoms with Crippen LogP contribution in [-0.2, 0) is 14.2 Å². The van der Waals surface area contributed by atoms with Gasteiger partial charge in [0.1, 0.15) is 30.5 Å². The SMILES string of the molecule is COCC1O[C@H](COC)C(O)[C@@H](O)[C@@H]1O. The third-order valence-corrected chi connectivity index (χ3v) is 2.47. The molecule has 0 aromatic heterocycles. The zero-order chi connectivity index (χ0) is 11.4. The Morgan fingerprint density at radius 1 is 0.867 bits per heavy atom. The zero-order valence-corrected chi connectivity index (χ0v) is 8.87. The van der Waals surface area contributed by atoms with Crippen LogP contribution in [0.25, 0.3) is 0 Å². The Bertz CT molecular complexity index is 169. The molecule has 0 saturated carbocycles. The highest BCUT2D eigenvalue weighted by atomic mass is 16.6. The fourth-order valence-corrected chi connectivity index (χ4v) is 1.63. The molecule has 0 bridgehead atoms.